The molecule has 0 saturated carbocycles. The van der Waals surface area contributed by atoms with E-state index in [0.29, 0.717) is 0 Å². The van der Waals surface area contributed by atoms with Gasteiger partial charge in [0.25, 0.3) is 0 Å². The predicted molar refractivity (Wildman–Crippen MR) is 101 cm³/mol. The van der Waals surface area contributed by atoms with E-state index >= 15 is 0 Å². The zero-order chi connectivity index (χ0) is 19.2. The molecule has 0 atom stereocenters. The smallest absolute Gasteiger partial charge is 0.338 e. The summed E-state index contributed by atoms with van der Waals surface area (Å²) in [6.07, 6.45) is 0. The van der Waals surface area contributed by atoms with E-state index in [1.807, 2.05) is 54.6 Å². The van der Waals surface area contributed by atoms with E-state index in [1.165, 1.54) is 19.2 Å². The van der Waals surface area contributed by atoms with E-state index in [4.69, 9.17) is 9.47 Å². The number of benzene rings is 3. The van der Waals surface area contributed by atoms with Crippen molar-refractivity contribution in [3.8, 4) is 16.9 Å². The summed E-state index contributed by atoms with van der Waals surface area (Å²) < 4.78 is 10.2. The van der Waals surface area contributed by atoms with Crippen molar-refractivity contribution >= 4 is 11.7 Å². The molecule has 0 spiro atoms. The Morgan fingerprint density at radius 3 is 2.26 bits per heavy atom. The number of hydrogen-bond donors (Lipinski definition) is 0. The molecule has 136 valence electrons. The van der Waals surface area contributed by atoms with Crippen LogP contribution in [0.25, 0.3) is 11.1 Å². The standard InChI is InChI=1S/C21H17NO5/c1-26-20-12-11-18(13-19(20)22(24)25)21(23)27-14-15-7-9-17(10-8-15)16-5-3-2-4-6-16/h2-13H,14H2,1H3. The maximum atomic E-state index is 12.2. The summed E-state index contributed by atoms with van der Waals surface area (Å²) >= 11 is 0. The topological polar surface area (TPSA) is 78.7 Å². The Morgan fingerprint density at radius 1 is 0.963 bits per heavy atom. The van der Waals surface area contributed by atoms with Crippen LogP contribution < -0.4 is 4.74 Å². The normalized spacial score (nSPS) is 10.3. The highest BCUT2D eigenvalue weighted by atomic mass is 16.6. The van der Waals surface area contributed by atoms with E-state index in [2.05, 4.69) is 0 Å². The molecule has 3 aromatic rings. The van der Waals surface area contributed by atoms with Crippen molar-refractivity contribution in [2.75, 3.05) is 7.11 Å². The molecule has 0 radical (unpaired) electrons. The first-order chi connectivity index (χ1) is 13.1. The number of ether oxygens (including phenoxy) is 2. The fourth-order valence-electron chi connectivity index (χ4n) is 2.62. The van der Waals surface area contributed by atoms with Gasteiger partial charge in [0.05, 0.1) is 17.6 Å². The number of carbonyl (C=O) groups excluding carboxylic acids is 1. The van der Waals surface area contributed by atoms with Gasteiger partial charge >= 0.3 is 11.7 Å². The van der Waals surface area contributed by atoms with Crippen molar-refractivity contribution in [1.29, 1.82) is 0 Å². The van der Waals surface area contributed by atoms with Crippen LogP contribution in [-0.2, 0) is 11.3 Å². The van der Waals surface area contributed by atoms with Gasteiger partial charge in [-0.15, -0.1) is 0 Å². The average molecular weight is 363 g/mol. The Kier molecular flexibility index (Phi) is 5.47. The summed E-state index contributed by atoms with van der Waals surface area (Å²) in [6, 6.07) is 21.6. The van der Waals surface area contributed by atoms with Crippen LogP contribution in [0, 0.1) is 10.1 Å². The summed E-state index contributed by atoms with van der Waals surface area (Å²) in [4.78, 5) is 22.7. The summed E-state index contributed by atoms with van der Waals surface area (Å²) in [5.41, 5.74) is 2.82. The number of carbonyl (C=O) groups is 1. The first kappa shape index (κ1) is 18.1. The molecular formula is C21H17NO5. The number of rotatable bonds is 6. The number of hydrogen-bond acceptors (Lipinski definition) is 5. The Hall–Kier alpha value is -3.67. The van der Waals surface area contributed by atoms with Crippen molar-refractivity contribution in [1.82, 2.24) is 0 Å². The van der Waals surface area contributed by atoms with Gasteiger partial charge in [-0.1, -0.05) is 54.6 Å². The lowest BCUT2D eigenvalue weighted by atomic mass is 10.0. The first-order valence-corrected chi connectivity index (χ1v) is 8.22. The third-order valence-corrected chi connectivity index (χ3v) is 4.04. The molecular weight excluding hydrogens is 346 g/mol. The molecule has 0 bridgehead atoms. The molecule has 6 nitrogen and oxygen atoms in total. The Labute approximate surface area is 156 Å². The molecule has 0 aliphatic carbocycles. The lowest BCUT2D eigenvalue weighted by Crippen LogP contribution is -2.06. The summed E-state index contributed by atoms with van der Waals surface area (Å²) in [7, 11) is 1.33. The van der Waals surface area contributed by atoms with E-state index < -0.39 is 10.9 Å². The minimum absolute atomic E-state index is 0.0771. The van der Waals surface area contributed by atoms with Gasteiger partial charge in [0.15, 0.2) is 5.75 Å². The minimum atomic E-state index is -0.632. The number of nitro groups is 1. The maximum absolute atomic E-state index is 12.2. The van der Waals surface area contributed by atoms with Crippen LogP contribution in [0.5, 0.6) is 5.75 Å². The second-order valence-electron chi connectivity index (χ2n) is 5.78. The molecule has 0 saturated heterocycles. The van der Waals surface area contributed by atoms with Gasteiger partial charge in [0, 0.05) is 6.07 Å². The Bertz CT molecular complexity index is 952. The molecule has 0 aliphatic heterocycles. The van der Waals surface area contributed by atoms with Crippen LogP contribution in [0.15, 0.2) is 72.8 Å². The molecule has 6 heteroatoms. The zero-order valence-corrected chi connectivity index (χ0v) is 14.6. The second kappa shape index (κ2) is 8.14. The number of esters is 1. The highest BCUT2D eigenvalue weighted by Crippen LogP contribution is 2.28. The lowest BCUT2D eigenvalue weighted by Gasteiger charge is -2.07. The van der Waals surface area contributed by atoms with Crippen molar-refractivity contribution in [3.05, 3.63) is 94.0 Å². The van der Waals surface area contributed by atoms with Crippen LogP contribution in [0.1, 0.15) is 15.9 Å². The average Bonchev–Trinajstić information content (AvgIpc) is 2.72. The number of nitrogens with zero attached hydrogens (tertiary/aromatic N) is 1. The van der Waals surface area contributed by atoms with Crippen LogP contribution in [0.2, 0.25) is 0 Å². The van der Waals surface area contributed by atoms with Crippen molar-refractivity contribution < 1.29 is 19.2 Å². The SMILES string of the molecule is COc1ccc(C(=O)OCc2ccc(-c3ccccc3)cc2)cc1[N+](=O)[O-]. The predicted octanol–water partition coefficient (Wildman–Crippen LogP) is 4.63. The number of nitro benzene ring substituents is 1. The molecule has 0 amide bonds. The molecule has 0 fully saturated rings. The van der Waals surface area contributed by atoms with E-state index in [1.54, 1.807) is 0 Å². The van der Waals surface area contributed by atoms with Crippen molar-refractivity contribution in [2.45, 2.75) is 6.61 Å². The monoisotopic (exact) mass is 363 g/mol. The fourth-order valence-corrected chi connectivity index (χ4v) is 2.62. The van der Waals surface area contributed by atoms with Crippen LogP contribution >= 0.6 is 0 Å². The number of methoxy groups -OCH3 is 1. The highest BCUT2D eigenvalue weighted by molar-refractivity contribution is 5.90. The summed E-state index contributed by atoms with van der Waals surface area (Å²) in [5, 5.41) is 11.1. The van der Waals surface area contributed by atoms with Crippen LogP contribution in [0.3, 0.4) is 0 Å². The molecule has 0 unspecified atom stereocenters. The summed E-state index contributed by atoms with van der Waals surface area (Å²) in [6.45, 7) is 0.0771. The Morgan fingerprint density at radius 2 is 1.63 bits per heavy atom. The molecule has 3 rings (SSSR count). The molecule has 27 heavy (non-hydrogen) atoms. The van der Waals surface area contributed by atoms with Crippen LogP contribution in [-0.4, -0.2) is 18.0 Å². The van der Waals surface area contributed by atoms with Crippen LogP contribution in [0.4, 0.5) is 5.69 Å². The maximum Gasteiger partial charge on any atom is 0.338 e. The molecule has 0 aliphatic rings. The van der Waals surface area contributed by atoms with Gasteiger partial charge in [0.1, 0.15) is 6.61 Å². The Balaban J connectivity index is 1.67. The summed E-state index contributed by atoms with van der Waals surface area (Å²) in [5.74, 6) is -0.541. The van der Waals surface area contributed by atoms with Gasteiger partial charge in [-0.3, -0.25) is 10.1 Å². The second-order valence-corrected chi connectivity index (χ2v) is 5.78. The van der Waals surface area contributed by atoms with Gasteiger partial charge in [0.2, 0.25) is 0 Å². The van der Waals surface area contributed by atoms with E-state index in [9.17, 15) is 14.9 Å². The van der Waals surface area contributed by atoms with Gasteiger partial charge in [-0.05, 0) is 28.8 Å². The minimum Gasteiger partial charge on any atom is -0.490 e. The van der Waals surface area contributed by atoms with Crippen molar-refractivity contribution in [3.63, 3.8) is 0 Å². The van der Waals surface area contributed by atoms with Gasteiger partial charge in [-0.2, -0.15) is 0 Å². The van der Waals surface area contributed by atoms with Gasteiger partial charge in [-0.25, -0.2) is 4.79 Å². The third kappa shape index (κ3) is 4.30. The quantitative estimate of drug-likeness (QED) is 0.362. The fraction of sp³-hybridized carbons (Fsp3) is 0.0952. The largest absolute Gasteiger partial charge is 0.490 e. The molecule has 0 N–H and O–H groups in total. The first-order valence-electron chi connectivity index (χ1n) is 8.22. The van der Waals surface area contributed by atoms with Crippen molar-refractivity contribution in [2.24, 2.45) is 0 Å². The zero-order valence-electron chi connectivity index (χ0n) is 14.6. The molecule has 0 heterocycles. The van der Waals surface area contributed by atoms with E-state index in [-0.39, 0.29) is 23.6 Å². The highest BCUT2D eigenvalue weighted by Gasteiger charge is 2.19. The molecule has 0 aromatic heterocycles. The third-order valence-electron chi connectivity index (χ3n) is 4.04. The molecule has 3 aromatic carbocycles. The van der Waals surface area contributed by atoms with E-state index in [0.717, 1.165) is 22.8 Å². The van der Waals surface area contributed by atoms with Gasteiger partial charge < -0.3 is 9.47 Å². The lowest BCUT2D eigenvalue weighted by molar-refractivity contribution is -0.385.